The van der Waals surface area contributed by atoms with Crippen LogP contribution in [0.25, 0.3) is 5.69 Å². The number of fused-ring (bicyclic) bond motifs is 1. The number of hydrogen-bond donors (Lipinski definition) is 0. The van der Waals surface area contributed by atoms with Gasteiger partial charge in [-0.25, -0.2) is 0 Å². The van der Waals surface area contributed by atoms with E-state index in [9.17, 15) is 4.79 Å². The molecule has 0 aliphatic carbocycles. The smallest absolute Gasteiger partial charge is 0.233 e. The van der Waals surface area contributed by atoms with Crippen LogP contribution in [0.4, 0.5) is 0 Å². The van der Waals surface area contributed by atoms with Gasteiger partial charge in [-0.1, -0.05) is 48.2 Å². The minimum absolute atomic E-state index is 0.0312. The number of para-hydroxylation sites is 3. The number of thiophene rings is 1. The van der Waals surface area contributed by atoms with Crippen molar-refractivity contribution in [3.05, 3.63) is 82.8 Å². The molecule has 0 fully saturated rings. The lowest BCUT2D eigenvalue weighted by molar-refractivity contribution is -0.127. The summed E-state index contributed by atoms with van der Waals surface area (Å²) in [4.78, 5) is 15.6. The lowest BCUT2D eigenvalue weighted by Crippen LogP contribution is -2.27. The second kappa shape index (κ2) is 9.68. The molecule has 2 aromatic carbocycles. The summed E-state index contributed by atoms with van der Waals surface area (Å²) in [5.41, 5.74) is 0.904. The molecule has 7 nitrogen and oxygen atoms in total. The SMILES string of the molecule is CN(Cc1cccs1)C(=O)CSc1nnc(C2COc3ccccc3O2)n1-c1ccccc1. The standard InChI is InChI=1S/C24H22N4O3S2/c1-27(14-18-10-7-13-32-18)22(29)16-33-24-26-25-23(28(24)17-8-3-2-4-9-17)21-15-30-19-11-5-6-12-20(19)31-21/h2-13,21H,14-16H2,1H3. The van der Waals surface area contributed by atoms with Crippen molar-refractivity contribution in [2.45, 2.75) is 17.8 Å². The number of ether oxygens (including phenoxy) is 2. The van der Waals surface area contributed by atoms with Gasteiger partial charge in [-0.05, 0) is 35.7 Å². The lowest BCUT2D eigenvalue weighted by Gasteiger charge is -2.26. The second-order valence-electron chi connectivity index (χ2n) is 7.49. The Morgan fingerprint density at radius 3 is 2.67 bits per heavy atom. The molecule has 1 atom stereocenters. The average molecular weight is 479 g/mol. The fourth-order valence-electron chi connectivity index (χ4n) is 3.51. The Morgan fingerprint density at radius 1 is 1.09 bits per heavy atom. The number of aromatic nitrogens is 3. The predicted octanol–water partition coefficient (Wildman–Crippen LogP) is 4.59. The van der Waals surface area contributed by atoms with Crippen LogP contribution in [-0.4, -0.2) is 45.0 Å². The molecule has 1 aliphatic rings. The van der Waals surface area contributed by atoms with Gasteiger partial charge in [-0.3, -0.25) is 9.36 Å². The quantitative estimate of drug-likeness (QED) is 0.362. The number of carbonyl (C=O) groups is 1. The van der Waals surface area contributed by atoms with E-state index in [-0.39, 0.29) is 11.7 Å². The molecule has 0 spiro atoms. The molecule has 0 saturated heterocycles. The maximum absolute atomic E-state index is 12.7. The first-order chi connectivity index (χ1) is 16.2. The van der Waals surface area contributed by atoms with E-state index in [4.69, 9.17) is 9.47 Å². The van der Waals surface area contributed by atoms with Crippen molar-refractivity contribution >= 4 is 29.0 Å². The van der Waals surface area contributed by atoms with Crippen molar-refractivity contribution in [3.63, 3.8) is 0 Å². The van der Waals surface area contributed by atoms with Gasteiger partial charge in [-0.2, -0.15) is 0 Å². The zero-order valence-corrected chi connectivity index (χ0v) is 19.6. The van der Waals surface area contributed by atoms with Crippen LogP contribution in [0.2, 0.25) is 0 Å². The van der Waals surface area contributed by atoms with E-state index in [0.717, 1.165) is 10.6 Å². The van der Waals surface area contributed by atoms with Gasteiger partial charge in [-0.15, -0.1) is 21.5 Å². The largest absolute Gasteiger partial charge is 0.485 e. The maximum Gasteiger partial charge on any atom is 0.233 e. The van der Waals surface area contributed by atoms with E-state index >= 15 is 0 Å². The van der Waals surface area contributed by atoms with Crippen molar-refractivity contribution in [2.24, 2.45) is 0 Å². The Kier molecular flexibility index (Phi) is 6.32. The van der Waals surface area contributed by atoms with Gasteiger partial charge in [0.2, 0.25) is 5.91 Å². The summed E-state index contributed by atoms with van der Waals surface area (Å²) >= 11 is 3.01. The average Bonchev–Trinajstić information content (AvgIpc) is 3.52. The molecule has 0 saturated carbocycles. The molecule has 1 unspecified atom stereocenters. The van der Waals surface area contributed by atoms with Gasteiger partial charge in [0, 0.05) is 17.6 Å². The van der Waals surface area contributed by atoms with Gasteiger partial charge in [0.05, 0.1) is 12.3 Å². The molecule has 0 bridgehead atoms. The van der Waals surface area contributed by atoms with Crippen molar-refractivity contribution in [3.8, 4) is 17.2 Å². The molecule has 33 heavy (non-hydrogen) atoms. The van der Waals surface area contributed by atoms with E-state index in [0.29, 0.717) is 35.6 Å². The van der Waals surface area contributed by atoms with Gasteiger partial charge in [0.25, 0.3) is 0 Å². The molecule has 4 aromatic rings. The van der Waals surface area contributed by atoms with Crippen LogP contribution in [0.1, 0.15) is 16.8 Å². The summed E-state index contributed by atoms with van der Waals surface area (Å²) in [6.07, 6.45) is -0.417. The van der Waals surface area contributed by atoms with Gasteiger partial charge >= 0.3 is 0 Å². The Hall–Kier alpha value is -3.30. The fraction of sp³-hybridized carbons (Fsp3) is 0.208. The Labute approximate surface area is 200 Å². The lowest BCUT2D eigenvalue weighted by atomic mass is 10.2. The molecule has 1 amide bonds. The number of carbonyl (C=O) groups excluding carboxylic acids is 1. The zero-order valence-electron chi connectivity index (χ0n) is 18.0. The molecule has 0 radical (unpaired) electrons. The highest BCUT2D eigenvalue weighted by Crippen LogP contribution is 2.36. The third kappa shape index (κ3) is 4.74. The maximum atomic E-state index is 12.7. The number of rotatable bonds is 7. The summed E-state index contributed by atoms with van der Waals surface area (Å²) in [7, 11) is 1.82. The Bertz CT molecular complexity index is 1230. The molecular formula is C24H22N4O3S2. The number of amides is 1. The van der Waals surface area contributed by atoms with E-state index in [1.54, 1.807) is 16.2 Å². The third-order valence-electron chi connectivity index (χ3n) is 5.19. The molecule has 3 heterocycles. The van der Waals surface area contributed by atoms with Crippen LogP contribution >= 0.6 is 23.1 Å². The van der Waals surface area contributed by atoms with Crippen LogP contribution in [0.3, 0.4) is 0 Å². The highest BCUT2D eigenvalue weighted by Gasteiger charge is 2.29. The third-order valence-corrected chi connectivity index (χ3v) is 6.97. The number of benzene rings is 2. The van der Waals surface area contributed by atoms with Crippen LogP contribution < -0.4 is 9.47 Å². The molecular weight excluding hydrogens is 456 g/mol. The zero-order chi connectivity index (χ0) is 22.6. The van der Waals surface area contributed by atoms with Crippen molar-refractivity contribution in [1.82, 2.24) is 19.7 Å². The first kappa shape index (κ1) is 21.5. The second-order valence-corrected chi connectivity index (χ2v) is 9.47. The number of hydrogen-bond acceptors (Lipinski definition) is 7. The summed E-state index contributed by atoms with van der Waals surface area (Å²) in [6.45, 7) is 0.926. The van der Waals surface area contributed by atoms with Gasteiger partial charge in [0.1, 0.15) is 6.61 Å². The fourth-order valence-corrected chi connectivity index (χ4v) is 5.17. The highest BCUT2D eigenvalue weighted by molar-refractivity contribution is 7.99. The molecule has 2 aromatic heterocycles. The monoisotopic (exact) mass is 478 g/mol. The van der Waals surface area contributed by atoms with Crippen molar-refractivity contribution in [2.75, 3.05) is 19.4 Å². The van der Waals surface area contributed by atoms with Crippen LogP contribution in [0, 0.1) is 0 Å². The number of thioether (sulfide) groups is 1. The van der Waals surface area contributed by atoms with Crippen molar-refractivity contribution < 1.29 is 14.3 Å². The molecule has 0 N–H and O–H groups in total. The summed E-state index contributed by atoms with van der Waals surface area (Å²) < 4.78 is 14.0. The summed E-state index contributed by atoms with van der Waals surface area (Å²) in [5.74, 6) is 2.32. The van der Waals surface area contributed by atoms with Gasteiger partial charge in [0.15, 0.2) is 28.6 Å². The predicted molar refractivity (Wildman–Crippen MR) is 128 cm³/mol. The van der Waals surface area contributed by atoms with Gasteiger partial charge < -0.3 is 14.4 Å². The van der Waals surface area contributed by atoms with E-state index in [1.807, 2.05) is 83.7 Å². The van der Waals surface area contributed by atoms with Crippen LogP contribution in [-0.2, 0) is 11.3 Å². The Balaban J connectivity index is 1.37. The molecule has 9 heteroatoms. The van der Waals surface area contributed by atoms with E-state index < -0.39 is 6.10 Å². The topological polar surface area (TPSA) is 69.5 Å². The number of nitrogens with zero attached hydrogens (tertiary/aromatic N) is 4. The van der Waals surface area contributed by atoms with Crippen LogP contribution in [0.5, 0.6) is 11.5 Å². The molecule has 1 aliphatic heterocycles. The minimum Gasteiger partial charge on any atom is -0.485 e. The molecule has 5 rings (SSSR count). The van der Waals surface area contributed by atoms with E-state index in [1.165, 1.54) is 11.8 Å². The Morgan fingerprint density at radius 2 is 1.88 bits per heavy atom. The normalized spacial score (nSPS) is 14.8. The summed E-state index contributed by atoms with van der Waals surface area (Å²) in [5, 5.41) is 11.5. The van der Waals surface area contributed by atoms with Crippen molar-refractivity contribution in [1.29, 1.82) is 0 Å². The van der Waals surface area contributed by atoms with E-state index in [2.05, 4.69) is 10.2 Å². The summed E-state index contributed by atoms with van der Waals surface area (Å²) in [6, 6.07) is 21.5. The molecule has 168 valence electrons. The highest BCUT2D eigenvalue weighted by atomic mass is 32.2. The van der Waals surface area contributed by atoms with Crippen LogP contribution in [0.15, 0.2) is 77.3 Å². The first-order valence-electron chi connectivity index (χ1n) is 10.5. The minimum atomic E-state index is -0.417. The first-order valence-corrected chi connectivity index (χ1v) is 12.3.